The van der Waals surface area contributed by atoms with Crippen LogP contribution in [0.5, 0.6) is 11.5 Å². The van der Waals surface area contributed by atoms with Crippen LogP contribution in [0.3, 0.4) is 0 Å². The molecule has 1 heterocycles. The quantitative estimate of drug-likeness (QED) is 0.342. The standard InChI is InChI=1S/C18H14Cl2N6O3/c19-13-2-1-3-14(20)12(13)7-22-17-24-16(21)25-18(26-17)23-8-15(29)9-4-10(27)6-11(28)5-9/h1-7,27-28H,8H2,(H3,21,23,24,25,26). The van der Waals surface area contributed by atoms with Crippen molar-refractivity contribution < 1.29 is 15.0 Å². The number of carbonyl (C=O) groups is 1. The number of nitrogens with one attached hydrogen (secondary N) is 1. The minimum absolute atomic E-state index is 0.0153. The first-order valence-corrected chi connectivity index (χ1v) is 8.87. The van der Waals surface area contributed by atoms with Gasteiger partial charge in [0, 0.05) is 23.4 Å². The van der Waals surface area contributed by atoms with Crippen LogP contribution in [0, 0.1) is 0 Å². The third kappa shape index (κ3) is 5.31. The number of phenolic OH excluding ortho intramolecular Hbond substituents is 2. The number of hydrogen-bond acceptors (Lipinski definition) is 9. The lowest BCUT2D eigenvalue weighted by Gasteiger charge is -2.06. The molecule has 0 aliphatic heterocycles. The molecular formula is C18H14Cl2N6O3. The van der Waals surface area contributed by atoms with Crippen molar-refractivity contribution in [2.45, 2.75) is 0 Å². The van der Waals surface area contributed by atoms with E-state index in [9.17, 15) is 15.0 Å². The van der Waals surface area contributed by atoms with Gasteiger partial charge in [0.15, 0.2) is 5.78 Å². The Balaban J connectivity index is 1.75. The molecule has 0 amide bonds. The lowest BCUT2D eigenvalue weighted by Crippen LogP contribution is -2.16. The topological polar surface area (TPSA) is 147 Å². The zero-order valence-corrected chi connectivity index (χ0v) is 16.2. The first-order valence-electron chi connectivity index (χ1n) is 8.11. The summed E-state index contributed by atoms with van der Waals surface area (Å²) in [6.45, 7) is -0.216. The maximum absolute atomic E-state index is 12.2. The number of aromatic hydroxyl groups is 2. The van der Waals surface area contributed by atoms with Crippen molar-refractivity contribution in [3.05, 3.63) is 57.6 Å². The van der Waals surface area contributed by atoms with E-state index in [0.717, 1.165) is 6.07 Å². The minimum Gasteiger partial charge on any atom is -0.508 e. The molecule has 0 fully saturated rings. The largest absolute Gasteiger partial charge is 0.508 e. The van der Waals surface area contributed by atoms with Gasteiger partial charge in [0.05, 0.1) is 16.6 Å². The van der Waals surface area contributed by atoms with Crippen LogP contribution in [-0.4, -0.2) is 43.7 Å². The summed E-state index contributed by atoms with van der Waals surface area (Å²) in [6.07, 6.45) is 1.39. The number of hydrogen-bond donors (Lipinski definition) is 4. The van der Waals surface area contributed by atoms with E-state index < -0.39 is 5.78 Å². The van der Waals surface area contributed by atoms with E-state index in [1.165, 1.54) is 18.3 Å². The van der Waals surface area contributed by atoms with Gasteiger partial charge in [-0.3, -0.25) is 4.79 Å². The molecule has 0 atom stereocenters. The van der Waals surface area contributed by atoms with E-state index in [2.05, 4.69) is 25.3 Å². The molecule has 2 aromatic carbocycles. The Kier molecular flexibility index (Phi) is 6.10. The van der Waals surface area contributed by atoms with Crippen molar-refractivity contribution in [2.24, 2.45) is 4.99 Å². The molecule has 0 saturated heterocycles. The van der Waals surface area contributed by atoms with Gasteiger partial charge in [0.2, 0.25) is 11.9 Å². The first-order chi connectivity index (χ1) is 13.8. The molecule has 11 heteroatoms. The van der Waals surface area contributed by atoms with E-state index >= 15 is 0 Å². The Labute approximate surface area is 174 Å². The van der Waals surface area contributed by atoms with Crippen LogP contribution in [-0.2, 0) is 0 Å². The molecule has 3 rings (SSSR count). The SMILES string of the molecule is Nc1nc(N=Cc2c(Cl)cccc2Cl)nc(NCC(=O)c2cc(O)cc(O)c2)n1. The number of nitrogens with two attached hydrogens (primary N) is 1. The predicted molar refractivity (Wildman–Crippen MR) is 111 cm³/mol. The maximum Gasteiger partial charge on any atom is 0.255 e. The van der Waals surface area contributed by atoms with Crippen LogP contribution in [0.15, 0.2) is 41.4 Å². The Morgan fingerprint density at radius 2 is 1.76 bits per heavy atom. The molecule has 5 N–H and O–H groups in total. The van der Waals surface area contributed by atoms with Crippen LogP contribution < -0.4 is 11.1 Å². The number of ketones is 1. The fraction of sp³-hybridized carbons (Fsp3) is 0.0556. The van der Waals surface area contributed by atoms with Crippen molar-refractivity contribution in [1.82, 2.24) is 15.0 Å². The first kappa shape index (κ1) is 20.3. The lowest BCUT2D eigenvalue weighted by atomic mass is 10.1. The third-order valence-electron chi connectivity index (χ3n) is 3.58. The van der Waals surface area contributed by atoms with E-state index in [1.807, 2.05) is 0 Å². The molecule has 0 spiro atoms. The second-order valence-electron chi connectivity index (χ2n) is 5.73. The lowest BCUT2D eigenvalue weighted by molar-refractivity contribution is 0.100. The second-order valence-corrected chi connectivity index (χ2v) is 6.54. The van der Waals surface area contributed by atoms with Crippen molar-refractivity contribution in [3.8, 4) is 11.5 Å². The molecule has 3 aromatic rings. The molecule has 29 heavy (non-hydrogen) atoms. The predicted octanol–water partition coefficient (Wildman–Crippen LogP) is 3.22. The summed E-state index contributed by atoms with van der Waals surface area (Å²) in [5, 5.41) is 22.5. The summed E-state index contributed by atoms with van der Waals surface area (Å²) in [4.78, 5) is 28.2. The maximum atomic E-state index is 12.2. The molecule has 0 radical (unpaired) electrons. The Bertz CT molecular complexity index is 1070. The second kappa shape index (κ2) is 8.72. The number of anilines is 2. The molecular weight excluding hydrogens is 419 g/mol. The van der Waals surface area contributed by atoms with Gasteiger partial charge in [-0.05, 0) is 24.3 Å². The molecule has 0 aliphatic carbocycles. The van der Waals surface area contributed by atoms with Crippen LogP contribution in [0.25, 0.3) is 0 Å². The highest BCUT2D eigenvalue weighted by Gasteiger charge is 2.11. The van der Waals surface area contributed by atoms with Crippen molar-refractivity contribution >= 4 is 53.0 Å². The van der Waals surface area contributed by atoms with E-state index in [-0.39, 0.29) is 41.5 Å². The van der Waals surface area contributed by atoms with Crippen LogP contribution in [0.1, 0.15) is 15.9 Å². The van der Waals surface area contributed by atoms with Crippen molar-refractivity contribution in [2.75, 3.05) is 17.6 Å². The van der Waals surface area contributed by atoms with Crippen LogP contribution in [0.2, 0.25) is 10.0 Å². The summed E-state index contributed by atoms with van der Waals surface area (Å²) in [6, 6.07) is 8.60. The van der Waals surface area contributed by atoms with Gasteiger partial charge in [0.1, 0.15) is 11.5 Å². The number of Topliss-reactive ketones (excluding diaryl/α,β-unsaturated/α-hetero) is 1. The normalized spacial score (nSPS) is 11.0. The zero-order valence-electron chi connectivity index (χ0n) is 14.7. The van der Waals surface area contributed by atoms with Gasteiger partial charge in [0.25, 0.3) is 5.95 Å². The van der Waals surface area contributed by atoms with E-state index in [0.29, 0.717) is 15.6 Å². The van der Waals surface area contributed by atoms with Gasteiger partial charge < -0.3 is 21.3 Å². The number of aromatic nitrogens is 3. The van der Waals surface area contributed by atoms with E-state index in [1.54, 1.807) is 18.2 Å². The average Bonchev–Trinajstić information content (AvgIpc) is 2.64. The summed E-state index contributed by atoms with van der Waals surface area (Å²) >= 11 is 12.2. The minimum atomic E-state index is -0.414. The summed E-state index contributed by atoms with van der Waals surface area (Å²) in [7, 11) is 0. The molecule has 1 aromatic heterocycles. The fourth-order valence-corrected chi connectivity index (χ4v) is 2.79. The fourth-order valence-electron chi connectivity index (χ4n) is 2.29. The van der Waals surface area contributed by atoms with Gasteiger partial charge in [-0.1, -0.05) is 29.3 Å². The van der Waals surface area contributed by atoms with E-state index in [4.69, 9.17) is 28.9 Å². The summed E-state index contributed by atoms with van der Waals surface area (Å²) in [5.74, 6) is -0.975. The van der Waals surface area contributed by atoms with Gasteiger partial charge in [-0.2, -0.15) is 15.0 Å². The van der Waals surface area contributed by atoms with Crippen molar-refractivity contribution in [1.29, 1.82) is 0 Å². The molecule has 0 saturated carbocycles. The number of halogens is 2. The number of benzene rings is 2. The highest BCUT2D eigenvalue weighted by molar-refractivity contribution is 6.38. The number of nitrogens with zero attached hydrogens (tertiary/aromatic N) is 4. The number of rotatable bonds is 6. The third-order valence-corrected chi connectivity index (χ3v) is 4.24. The van der Waals surface area contributed by atoms with Crippen molar-refractivity contribution in [3.63, 3.8) is 0 Å². The average molecular weight is 433 g/mol. The van der Waals surface area contributed by atoms with Crippen LogP contribution >= 0.6 is 23.2 Å². The Hall–Kier alpha value is -3.43. The van der Waals surface area contributed by atoms with Gasteiger partial charge in [-0.25, -0.2) is 4.99 Å². The summed E-state index contributed by atoms with van der Waals surface area (Å²) in [5.41, 5.74) is 6.27. The number of carbonyl (C=O) groups excluding carboxylic acids is 1. The summed E-state index contributed by atoms with van der Waals surface area (Å²) < 4.78 is 0. The van der Waals surface area contributed by atoms with Gasteiger partial charge >= 0.3 is 0 Å². The number of nitrogen functional groups attached to an aromatic ring is 1. The van der Waals surface area contributed by atoms with Gasteiger partial charge in [-0.15, -0.1) is 0 Å². The number of aliphatic imine (C=N–C) groups is 1. The zero-order chi connectivity index (χ0) is 21.0. The smallest absolute Gasteiger partial charge is 0.255 e. The molecule has 9 nitrogen and oxygen atoms in total. The Morgan fingerprint density at radius 3 is 2.41 bits per heavy atom. The molecule has 0 aliphatic rings. The highest BCUT2D eigenvalue weighted by Crippen LogP contribution is 2.23. The Morgan fingerprint density at radius 1 is 1.10 bits per heavy atom. The highest BCUT2D eigenvalue weighted by atomic mass is 35.5. The molecule has 148 valence electrons. The number of phenols is 2. The molecule has 0 unspecified atom stereocenters. The van der Waals surface area contributed by atoms with Crippen LogP contribution in [0.4, 0.5) is 17.8 Å². The monoisotopic (exact) mass is 432 g/mol. The molecule has 0 bridgehead atoms.